The summed E-state index contributed by atoms with van der Waals surface area (Å²) in [5.41, 5.74) is 5.31. The molecule has 0 spiro atoms. The maximum Gasteiger partial charge on any atom is 0.138 e. The molecule has 0 saturated carbocycles. The molecule has 0 amide bonds. The number of hydrogen-bond acceptors (Lipinski definition) is 3. The van der Waals surface area contributed by atoms with Crippen molar-refractivity contribution in [2.45, 2.75) is 0 Å². The van der Waals surface area contributed by atoms with Gasteiger partial charge in [0, 0.05) is 34.5 Å². The van der Waals surface area contributed by atoms with Crippen LogP contribution in [0.1, 0.15) is 0 Å². The zero-order valence-corrected chi connectivity index (χ0v) is 12.5. The lowest BCUT2D eigenvalue weighted by Gasteiger charge is -2.00. The van der Waals surface area contributed by atoms with E-state index < -0.39 is 0 Å². The van der Waals surface area contributed by atoms with Crippen LogP contribution >= 0.6 is 11.3 Å². The molecule has 0 aliphatic rings. The summed E-state index contributed by atoms with van der Waals surface area (Å²) in [5.74, 6) is 0.883. The first kappa shape index (κ1) is 13.0. The number of benzene rings is 1. The standard InChI is InChI=1S/C18H13N3S/c1-2-4-14(5-3-1)18-20-16(13-6-9-19-10-7-13)17(21-18)15-8-11-22-12-15/h1-12H,(H,20,21). The summed E-state index contributed by atoms with van der Waals surface area (Å²) in [6, 6.07) is 16.3. The van der Waals surface area contributed by atoms with Gasteiger partial charge in [0.25, 0.3) is 0 Å². The third-order valence-corrected chi connectivity index (χ3v) is 4.20. The van der Waals surface area contributed by atoms with Crippen molar-refractivity contribution in [1.29, 1.82) is 0 Å². The van der Waals surface area contributed by atoms with Crippen LogP contribution < -0.4 is 0 Å². The molecule has 4 rings (SSSR count). The molecular weight excluding hydrogens is 290 g/mol. The lowest BCUT2D eigenvalue weighted by molar-refractivity contribution is 1.30. The Balaban J connectivity index is 1.91. The second-order valence-corrected chi connectivity index (χ2v) is 5.70. The zero-order valence-electron chi connectivity index (χ0n) is 11.7. The Labute approximate surface area is 132 Å². The molecule has 0 atom stereocenters. The molecule has 0 fully saturated rings. The van der Waals surface area contributed by atoms with Crippen molar-refractivity contribution in [2.24, 2.45) is 0 Å². The Morgan fingerprint density at radius 3 is 2.36 bits per heavy atom. The van der Waals surface area contributed by atoms with Crippen LogP contribution in [0.4, 0.5) is 0 Å². The molecule has 0 radical (unpaired) electrons. The summed E-state index contributed by atoms with van der Waals surface area (Å²) in [6.07, 6.45) is 3.60. The van der Waals surface area contributed by atoms with E-state index in [4.69, 9.17) is 4.98 Å². The van der Waals surface area contributed by atoms with Gasteiger partial charge in [-0.1, -0.05) is 30.3 Å². The van der Waals surface area contributed by atoms with Gasteiger partial charge in [-0.15, -0.1) is 0 Å². The molecule has 1 N–H and O–H groups in total. The molecule has 4 heteroatoms. The molecular formula is C18H13N3S. The highest BCUT2D eigenvalue weighted by molar-refractivity contribution is 7.08. The van der Waals surface area contributed by atoms with Crippen LogP contribution in [0.15, 0.2) is 71.7 Å². The minimum Gasteiger partial charge on any atom is -0.337 e. The fourth-order valence-electron chi connectivity index (χ4n) is 2.44. The number of rotatable bonds is 3. The molecule has 3 nitrogen and oxygen atoms in total. The fraction of sp³-hybridized carbons (Fsp3) is 0. The van der Waals surface area contributed by atoms with Crippen molar-refractivity contribution < 1.29 is 0 Å². The van der Waals surface area contributed by atoms with Crippen LogP contribution in [-0.2, 0) is 0 Å². The highest BCUT2D eigenvalue weighted by atomic mass is 32.1. The SMILES string of the molecule is c1ccc(-c2nc(-c3ccsc3)c(-c3ccncc3)[nH]2)cc1. The number of pyridine rings is 1. The molecule has 3 heterocycles. The number of imidazole rings is 1. The van der Waals surface area contributed by atoms with E-state index in [9.17, 15) is 0 Å². The number of thiophene rings is 1. The Bertz CT molecular complexity index is 865. The van der Waals surface area contributed by atoms with Crippen molar-refractivity contribution in [3.63, 3.8) is 0 Å². The molecule has 0 bridgehead atoms. The first-order chi connectivity index (χ1) is 10.9. The summed E-state index contributed by atoms with van der Waals surface area (Å²) in [4.78, 5) is 12.4. The van der Waals surface area contributed by atoms with Gasteiger partial charge in [0.15, 0.2) is 0 Å². The van der Waals surface area contributed by atoms with Gasteiger partial charge < -0.3 is 4.98 Å². The molecule has 4 aromatic rings. The van der Waals surface area contributed by atoms with E-state index in [0.29, 0.717) is 0 Å². The molecule has 3 aromatic heterocycles. The van der Waals surface area contributed by atoms with Gasteiger partial charge in [-0.2, -0.15) is 11.3 Å². The quantitative estimate of drug-likeness (QED) is 0.587. The number of hydrogen-bond donors (Lipinski definition) is 1. The Morgan fingerprint density at radius 1 is 0.818 bits per heavy atom. The third-order valence-electron chi connectivity index (χ3n) is 3.51. The number of nitrogens with zero attached hydrogens (tertiary/aromatic N) is 2. The van der Waals surface area contributed by atoms with E-state index in [-0.39, 0.29) is 0 Å². The minimum atomic E-state index is 0.883. The van der Waals surface area contributed by atoms with Gasteiger partial charge in [-0.25, -0.2) is 4.98 Å². The summed E-state index contributed by atoms with van der Waals surface area (Å²) >= 11 is 1.68. The molecule has 0 aliphatic carbocycles. The molecule has 1 aromatic carbocycles. The van der Waals surface area contributed by atoms with Crippen molar-refractivity contribution in [3.8, 4) is 33.9 Å². The first-order valence-corrected chi connectivity index (χ1v) is 7.94. The second kappa shape index (κ2) is 5.58. The number of H-pyrrole nitrogens is 1. The van der Waals surface area contributed by atoms with Gasteiger partial charge in [0.05, 0.1) is 11.4 Å². The van der Waals surface area contributed by atoms with Gasteiger partial charge >= 0.3 is 0 Å². The molecule has 0 aliphatic heterocycles. The van der Waals surface area contributed by atoms with E-state index >= 15 is 0 Å². The average Bonchev–Trinajstić information content (AvgIpc) is 3.26. The third kappa shape index (κ3) is 2.34. The molecule has 0 unspecified atom stereocenters. The largest absolute Gasteiger partial charge is 0.337 e. The second-order valence-electron chi connectivity index (χ2n) is 4.92. The topological polar surface area (TPSA) is 41.6 Å². The number of aromatic amines is 1. The van der Waals surface area contributed by atoms with Crippen LogP contribution in [0, 0.1) is 0 Å². The van der Waals surface area contributed by atoms with Crippen LogP contribution in [0.25, 0.3) is 33.9 Å². The van der Waals surface area contributed by atoms with Crippen molar-refractivity contribution in [2.75, 3.05) is 0 Å². The number of aromatic nitrogens is 3. The lowest BCUT2D eigenvalue weighted by Crippen LogP contribution is -1.82. The van der Waals surface area contributed by atoms with Gasteiger partial charge in [-0.3, -0.25) is 4.98 Å². The average molecular weight is 303 g/mol. The summed E-state index contributed by atoms with van der Waals surface area (Å²) in [5, 5.41) is 4.19. The smallest absolute Gasteiger partial charge is 0.138 e. The van der Waals surface area contributed by atoms with Gasteiger partial charge in [0.2, 0.25) is 0 Å². The van der Waals surface area contributed by atoms with E-state index in [1.807, 2.05) is 30.3 Å². The molecule has 0 saturated heterocycles. The molecule has 22 heavy (non-hydrogen) atoms. The summed E-state index contributed by atoms with van der Waals surface area (Å²) in [7, 11) is 0. The molecule has 106 valence electrons. The van der Waals surface area contributed by atoms with E-state index in [1.54, 1.807) is 23.7 Å². The van der Waals surface area contributed by atoms with Gasteiger partial charge in [-0.05, 0) is 23.6 Å². The Hall–Kier alpha value is -2.72. The maximum atomic E-state index is 4.83. The predicted molar refractivity (Wildman–Crippen MR) is 90.6 cm³/mol. The monoisotopic (exact) mass is 303 g/mol. The van der Waals surface area contributed by atoms with Crippen molar-refractivity contribution in [1.82, 2.24) is 15.0 Å². The summed E-state index contributed by atoms with van der Waals surface area (Å²) in [6.45, 7) is 0. The fourth-order valence-corrected chi connectivity index (χ4v) is 3.08. The number of nitrogens with one attached hydrogen (secondary N) is 1. The van der Waals surface area contributed by atoms with Crippen LogP contribution in [-0.4, -0.2) is 15.0 Å². The highest BCUT2D eigenvalue weighted by Crippen LogP contribution is 2.33. The van der Waals surface area contributed by atoms with Crippen molar-refractivity contribution >= 4 is 11.3 Å². The Kier molecular flexibility index (Phi) is 3.29. The van der Waals surface area contributed by atoms with Crippen molar-refractivity contribution in [3.05, 3.63) is 71.7 Å². The van der Waals surface area contributed by atoms with E-state index in [1.165, 1.54) is 0 Å². The lowest BCUT2D eigenvalue weighted by atomic mass is 10.1. The van der Waals surface area contributed by atoms with Crippen LogP contribution in [0.5, 0.6) is 0 Å². The summed E-state index contributed by atoms with van der Waals surface area (Å²) < 4.78 is 0. The Morgan fingerprint density at radius 2 is 1.64 bits per heavy atom. The van der Waals surface area contributed by atoms with Gasteiger partial charge in [0.1, 0.15) is 5.82 Å². The normalized spacial score (nSPS) is 10.7. The first-order valence-electron chi connectivity index (χ1n) is 7.00. The minimum absolute atomic E-state index is 0.883. The predicted octanol–water partition coefficient (Wildman–Crippen LogP) is 4.87. The van der Waals surface area contributed by atoms with Crippen LogP contribution in [0.2, 0.25) is 0 Å². The van der Waals surface area contributed by atoms with E-state index in [0.717, 1.165) is 33.9 Å². The zero-order chi connectivity index (χ0) is 14.8. The maximum absolute atomic E-state index is 4.83. The highest BCUT2D eigenvalue weighted by Gasteiger charge is 2.15. The van der Waals surface area contributed by atoms with Crippen LogP contribution in [0.3, 0.4) is 0 Å². The van der Waals surface area contributed by atoms with E-state index in [2.05, 4.69) is 38.9 Å².